The Kier molecular flexibility index (Phi) is 5.58. The van der Waals surface area contributed by atoms with E-state index >= 15 is 0 Å². The van der Waals surface area contributed by atoms with Gasteiger partial charge in [0.05, 0.1) is 6.10 Å². The molecule has 0 spiro atoms. The van der Waals surface area contributed by atoms with Crippen LogP contribution >= 0.6 is 0 Å². The van der Waals surface area contributed by atoms with Crippen molar-refractivity contribution in [3.8, 4) is 0 Å². The fraction of sp³-hybridized carbons (Fsp3) is 1.00. The van der Waals surface area contributed by atoms with Crippen LogP contribution in [0, 0.1) is 0 Å². The second-order valence-electron chi connectivity index (χ2n) is 2.73. The minimum absolute atomic E-state index is 0.194. The number of aliphatic hydroxyl groups is 1. The normalized spacial score (nSPS) is 14.1. The fourth-order valence-corrected chi connectivity index (χ4v) is 0.739. The maximum atomic E-state index is 8.91. The third-order valence-electron chi connectivity index (χ3n) is 1.44. The average molecular weight is 146 g/mol. The zero-order valence-corrected chi connectivity index (χ0v) is 6.88. The van der Waals surface area contributed by atoms with E-state index in [1.54, 1.807) is 6.92 Å². The van der Waals surface area contributed by atoms with Gasteiger partial charge in [-0.05, 0) is 20.4 Å². The van der Waals surface area contributed by atoms with E-state index in [1.165, 1.54) is 0 Å². The predicted octanol–water partition coefficient (Wildman–Crippen LogP) is -0.352. The molecule has 3 N–H and O–H groups in total. The van der Waals surface area contributed by atoms with E-state index in [2.05, 4.69) is 4.90 Å². The molecule has 0 saturated carbocycles. The lowest BCUT2D eigenvalue weighted by Crippen LogP contribution is -2.28. The van der Waals surface area contributed by atoms with Gasteiger partial charge in [0.2, 0.25) is 0 Å². The Morgan fingerprint density at radius 2 is 2.10 bits per heavy atom. The molecule has 0 saturated heterocycles. The predicted molar refractivity (Wildman–Crippen MR) is 42.8 cm³/mol. The van der Waals surface area contributed by atoms with Crippen molar-refractivity contribution >= 4 is 0 Å². The Hall–Kier alpha value is -0.120. The van der Waals surface area contributed by atoms with Gasteiger partial charge >= 0.3 is 0 Å². The third kappa shape index (κ3) is 6.01. The molecule has 0 rings (SSSR count). The lowest BCUT2D eigenvalue weighted by Gasteiger charge is -2.15. The second-order valence-corrected chi connectivity index (χ2v) is 2.73. The molecule has 0 aromatic carbocycles. The highest BCUT2D eigenvalue weighted by atomic mass is 16.3. The van der Waals surface area contributed by atoms with Crippen LogP contribution in [0.3, 0.4) is 0 Å². The molecule has 0 heterocycles. The number of hydrogen-bond donors (Lipinski definition) is 2. The number of rotatable bonds is 5. The molecule has 0 radical (unpaired) electrons. The van der Waals surface area contributed by atoms with Gasteiger partial charge in [-0.2, -0.15) is 0 Å². The number of nitrogens with zero attached hydrogens (tertiary/aromatic N) is 1. The smallest absolute Gasteiger partial charge is 0.0524 e. The monoisotopic (exact) mass is 146 g/mol. The molecule has 62 valence electrons. The van der Waals surface area contributed by atoms with Crippen LogP contribution in [0.2, 0.25) is 0 Å². The lowest BCUT2D eigenvalue weighted by atomic mass is 10.3. The van der Waals surface area contributed by atoms with Gasteiger partial charge in [-0.1, -0.05) is 0 Å². The largest absolute Gasteiger partial charge is 0.393 e. The van der Waals surface area contributed by atoms with Crippen molar-refractivity contribution in [3.05, 3.63) is 0 Å². The first-order chi connectivity index (χ1) is 4.66. The molecule has 3 heteroatoms. The van der Waals surface area contributed by atoms with E-state index in [1.807, 2.05) is 7.05 Å². The highest BCUT2D eigenvalue weighted by molar-refractivity contribution is 4.54. The van der Waals surface area contributed by atoms with Crippen LogP contribution in [0.5, 0.6) is 0 Å². The summed E-state index contributed by atoms with van der Waals surface area (Å²) in [6.07, 6.45) is 0.636. The first-order valence-electron chi connectivity index (χ1n) is 3.73. The van der Waals surface area contributed by atoms with E-state index in [0.717, 1.165) is 19.5 Å². The van der Waals surface area contributed by atoms with Crippen LogP contribution in [0.1, 0.15) is 13.3 Å². The summed E-state index contributed by atoms with van der Waals surface area (Å²) < 4.78 is 0. The molecule has 10 heavy (non-hydrogen) atoms. The molecule has 0 aromatic heterocycles. The maximum Gasteiger partial charge on any atom is 0.0524 e. The Bertz CT molecular complexity index is 76.0. The summed E-state index contributed by atoms with van der Waals surface area (Å²) in [4.78, 5) is 2.12. The van der Waals surface area contributed by atoms with Gasteiger partial charge in [-0.15, -0.1) is 0 Å². The van der Waals surface area contributed by atoms with Gasteiger partial charge < -0.3 is 15.7 Å². The van der Waals surface area contributed by atoms with Crippen LogP contribution in [0.4, 0.5) is 0 Å². The van der Waals surface area contributed by atoms with E-state index in [0.29, 0.717) is 6.54 Å². The molecule has 0 bridgehead atoms. The van der Waals surface area contributed by atoms with Crippen molar-refractivity contribution in [1.29, 1.82) is 0 Å². The topological polar surface area (TPSA) is 49.5 Å². The Balaban J connectivity index is 3.12. The van der Waals surface area contributed by atoms with Crippen LogP contribution < -0.4 is 5.73 Å². The van der Waals surface area contributed by atoms with Crippen molar-refractivity contribution in [2.75, 3.05) is 26.7 Å². The zero-order valence-electron chi connectivity index (χ0n) is 6.88. The van der Waals surface area contributed by atoms with Crippen molar-refractivity contribution in [2.24, 2.45) is 5.73 Å². The number of likely N-dealkylation sites (N-methyl/N-ethyl adjacent to an activating group) is 1. The summed E-state index contributed by atoms with van der Waals surface area (Å²) in [6.45, 7) is 4.33. The number of nitrogens with two attached hydrogens (primary N) is 1. The van der Waals surface area contributed by atoms with Crippen LogP contribution in [-0.2, 0) is 0 Å². The second kappa shape index (κ2) is 5.65. The van der Waals surface area contributed by atoms with E-state index < -0.39 is 0 Å². The van der Waals surface area contributed by atoms with E-state index in [4.69, 9.17) is 10.8 Å². The molecule has 0 unspecified atom stereocenters. The minimum atomic E-state index is -0.194. The maximum absolute atomic E-state index is 8.91. The van der Waals surface area contributed by atoms with Crippen molar-refractivity contribution < 1.29 is 5.11 Å². The van der Waals surface area contributed by atoms with Crippen LogP contribution in [-0.4, -0.2) is 42.8 Å². The number of hydrogen-bond acceptors (Lipinski definition) is 3. The summed E-state index contributed by atoms with van der Waals surface area (Å²) in [5, 5.41) is 8.91. The molecule has 3 nitrogen and oxygen atoms in total. The summed E-state index contributed by atoms with van der Waals surface area (Å²) in [5.74, 6) is 0. The molecule has 0 aromatic rings. The van der Waals surface area contributed by atoms with Gasteiger partial charge in [-0.3, -0.25) is 0 Å². The molecule has 0 aliphatic rings. The SMILES string of the molecule is C[C@H](O)CCN(C)CCN. The lowest BCUT2D eigenvalue weighted by molar-refractivity contribution is 0.165. The molecule has 0 aliphatic carbocycles. The molecule has 0 amide bonds. The quantitative estimate of drug-likeness (QED) is 0.557. The average Bonchev–Trinajstić information content (AvgIpc) is 1.85. The summed E-state index contributed by atoms with van der Waals surface area (Å²) in [6, 6.07) is 0. The molecular weight excluding hydrogens is 128 g/mol. The summed E-state index contributed by atoms with van der Waals surface area (Å²) in [7, 11) is 2.01. The van der Waals surface area contributed by atoms with Gasteiger partial charge in [0, 0.05) is 19.6 Å². The van der Waals surface area contributed by atoms with Crippen LogP contribution in [0.15, 0.2) is 0 Å². The highest BCUT2D eigenvalue weighted by Crippen LogP contribution is 1.91. The standard InChI is InChI=1S/C7H18N2O/c1-7(10)3-5-9(2)6-4-8/h7,10H,3-6,8H2,1-2H3/t7-/m0/s1. The van der Waals surface area contributed by atoms with Crippen molar-refractivity contribution in [3.63, 3.8) is 0 Å². The minimum Gasteiger partial charge on any atom is -0.393 e. The van der Waals surface area contributed by atoms with Gasteiger partial charge in [0.25, 0.3) is 0 Å². The molecule has 0 aliphatic heterocycles. The van der Waals surface area contributed by atoms with Crippen molar-refractivity contribution in [1.82, 2.24) is 4.90 Å². The third-order valence-corrected chi connectivity index (χ3v) is 1.44. The highest BCUT2D eigenvalue weighted by Gasteiger charge is 1.98. The summed E-state index contributed by atoms with van der Waals surface area (Å²) >= 11 is 0. The number of aliphatic hydroxyl groups excluding tert-OH is 1. The van der Waals surface area contributed by atoms with Gasteiger partial charge in [0.15, 0.2) is 0 Å². The van der Waals surface area contributed by atoms with Crippen LogP contribution in [0.25, 0.3) is 0 Å². The Morgan fingerprint density at radius 1 is 1.50 bits per heavy atom. The first-order valence-corrected chi connectivity index (χ1v) is 3.73. The Morgan fingerprint density at radius 3 is 2.50 bits per heavy atom. The molecular formula is C7H18N2O. The van der Waals surface area contributed by atoms with Crippen molar-refractivity contribution in [2.45, 2.75) is 19.4 Å². The first kappa shape index (κ1) is 9.88. The van der Waals surface area contributed by atoms with E-state index in [9.17, 15) is 0 Å². The zero-order chi connectivity index (χ0) is 7.98. The fourth-order valence-electron chi connectivity index (χ4n) is 0.739. The van der Waals surface area contributed by atoms with E-state index in [-0.39, 0.29) is 6.10 Å². The summed E-state index contributed by atoms with van der Waals surface area (Å²) in [5.41, 5.74) is 5.33. The molecule has 0 fully saturated rings. The van der Waals surface area contributed by atoms with Gasteiger partial charge in [-0.25, -0.2) is 0 Å². The Labute approximate surface area is 62.8 Å². The molecule has 1 atom stereocenters. The van der Waals surface area contributed by atoms with Gasteiger partial charge in [0.1, 0.15) is 0 Å².